The van der Waals surface area contributed by atoms with Crippen molar-refractivity contribution in [3.8, 4) is 0 Å². The molecule has 1 aromatic rings. The Morgan fingerprint density at radius 2 is 2.05 bits per heavy atom. The van der Waals surface area contributed by atoms with Gasteiger partial charge in [-0.05, 0) is 59.0 Å². The normalized spacial score (nSPS) is 18.2. The summed E-state index contributed by atoms with van der Waals surface area (Å²) in [5.41, 5.74) is 0.856. The molecule has 1 fully saturated rings. The van der Waals surface area contributed by atoms with Crippen molar-refractivity contribution in [3.05, 3.63) is 38.3 Å². The molecule has 2 rings (SSSR count). The third-order valence-electron chi connectivity index (χ3n) is 2.94. The van der Waals surface area contributed by atoms with Crippen LogP contribution >= 0.6 is 34.4 Å². The van der Waals surface area contributed by atoms with Crippen LogP contribution in [0.3, 0.4) is 0 Å². The van der Waals surface area contributed by atoms with Gasteiger partial charge in [-0.3, -0.25) is 14.5 Å². The predicted molar refractivity (Wildman–Crippen MR) is 88.4 cm³/mol. The average molecular weight is 417 g/mol. The number of thioether (sulfide) groups is 1. The summed E-state index contributed by atoms with van der Waals surface area (Å²) >= 11 is 2.99. The van der Waals surface area contributed by atoms with Crippen molar-refractivity contribution in [2.24, 2.45) is 0 Å². The largest absolute Gasteiger partial charge is 0.467 e. The Balaban J connectivity index is 2.30. The number of carbonyl (C=O) groups excluding carboxylic acids is 3. The van der Waals surface area contributed by atoms with E-state index < -0.39 is 23.2 Å². The van der Waals surface area contributed by atoms with E-state index in [9.17, 15) is 14.4 Å². The van der Waals surface area contributed by atoms with Gasteiger partial charge in [0, 0.05) is 3.57 Å². The fourth-order valence-electron chi connectivity index (χ4n) is 1.82. The molecular formula is C14H12INO4S. The van der Waals surface area contributed by atoms with Crippen LogP contribution in [0.1, 0.15) is 12.5 Å². The number of esters is 1. The number of rotatable bonds is 3. The molecule has 21 heavy (non-hydrogen) atoms. The molecular weight excluding hydrogens is 405 g/mol. The first kappa shape index (κ1) is 16.0. The highest BCUT2D eigenvalue weighted by Gasteiger charge is 2.41. The molecule has 5 nitrogen and oxygen atoms in total. The van der Waals surface area contributed by atoms with Gasteiger partial charge in [0.05, 0.1) is 12.0 Å². The lowest BCUT2D eigenvalue weighted by Gasteiger charge is -2.18. The molecule has 1 aliphatic rings. The minimum Gasteiger partial charge on any atom is -0.467 e. The van der Waals surface area contributed by atoms with Gasteiger partial charge in [0.15, 0.2) is 0 Å². The molecule has 7 heteroatoms. The highest BCUT2D eigenvalue weighted by Crippen LogP contribution is 2.34. The molecule has 0 saturated carbocycles. The van der Waals surface area contributed by atoms with Crippen LogP contribution in [-0.2, 0) is 14.3 Å². The van der Waals surface area contributed by atoms with Gasteiger partial charge in [0.1, 0.15) is 6.04 Å². The van der Waals surface area contributed by atoms with Gasteiger partial charge >= 0.3 is 5.97 Å². The number of amides is 2. The van der Waals surface area contributed by atoms with Crippen molar-refractivity contribution in [2.75, 3.05) is 7.11 Å². The van der Waals surface area contributed by atoms with Crippen molar-refractivity contribution in [2.45, 2.75) is 13.0 Å². The van der Waals surface area contributed by atoms with Crippen molar-refractivity contribution in [1.82, 2.24) is 4.90 Å². The monoisotopic (exact) mass is 417 g/mol. The predicted octanol–water partition coefficient (Wildman–Crippen LogP) is 2.89. The molecule has 1 aliphatic heterocycles. The summed E-state index contributed by atoms with van der Waals surface area (Å²) in [5, 5.41) is -0.463. The Morgan fingerprint density at radius 3 is 2.67 bits per heavy atom. The second kappa shape index (κ2) is 6.61. The number of methoxy groups -OCH3 is 1. The van der Waals surface area contributed by atoms with E-state index in [1.54, 1.807) is 6.08 Å². The lowest BCUT2D eigenvalue weighted by atomic mass is 10.2. The van der Waals surface area contributed by atoms with Crippen molar-refractivity contribution in [3.63, 3.8) is 0 Å². The summed E-state index contributed by atoms with van der Waals surface area (Å²) in [5.74, 6) is -1.09. The van der Waals surface area contributed by atoms with E-state index >= 15 is 0 Å². The lowest BCUT2D eigenvalue weighted by Crippen LogP contribution is -2.42. The first-order valence-corrected chi connectivity index (χ1v) is 7.94. The van der Waals surface area contributed by atoms with E-state index in [1.807, 2.05) is 24.3 Å². The molecule has 0 spiro atoms. The molecule has 0 radical (unpaired) electrons. The average Bonchev–Trinajstić information content (AvgIpc) is 2.74. The second-order valence-corrected chi connectivity index (χ2v) is 6.43. The van der Waals surface area contributed by atoms with Crippen LogP contribution in [0.25, 0.3) is 6.08 Å². The fourth-order valence-corrected chi connectivity index (χ4v) is 3.27. The number of hydrogen-bond acceptors (Lipinski definition) is 5. The Labute approximate surface area is 139 Å². The third-order valence-corrected chi connectivity index (χ3v) is 4.81. The van der Waals surface area contributed by atoms with Crippen molar-refractivity contribution >= 4 is 57.5 Å². The number of halogens is 1. The summed E-state index contributed by atoms with van der Waals surface area (Å²) in [6.07, 6.45) is 1.66. The highest BCUT2D eigenvalue weighted by atomic mass is 127. The zero-order valence-electron chi connectivity index (χ0n) is 11.3. The second-order valence-electron chi connectivity index (χ2n) is 4.27. The van der Waals surface area contributed by atoms with E-state index in [4.69, 9.17) is 0 Å². The zero-order valence-corrected chi connectivity index (χ0v) is 14.3. The maximum absolute atomic E-state index is 12.3. The first-order valence-electron chi connectivity index (χ1n) is 6.05. The standard InChI is InChI=1S/C14H12INO4S/c1-8(13(18)20-2)16-12(17)11(21-14(16)19)7-9-5-3-4-6-10(9)15/h3-8H,1-2H3/b11-7+/t8-/m1/s1. The van der Waals surface area contributed by atoms with Crippen molar-refractivity contribution < 1.29 is 19.1 Å². The van der Waals surface area contributed by atoms with Gasteiger partial charge in [-0.1, -0.05) is 18.2 Å². The summed E-state index contributed by atoms with van der Waals surface area (Å²) in [4.78, 5) is 37.0. The van der Waals surface area contributed by atoms with Crippen LogP contribution in [0.5, 0.6) is 0 Å². The summed E-state index contributed by atoms with van der Waals surface area (Å²) in [6.45, 7) is 1.47. The van der Waals surface area contributed by atoms with E-state index in [0.717, 1.165) is 25.8 Å². The van der Waals surface area contributed by atoms with Gasteiger partial charge in [-0.25, -0.2) is 4.79 Å². The molecule has 1 saturated heterocycles. The summed E-state index contributed by atoms with van der Waals surface area (Å²) in [7, 11) is 1.22. The van der Waals surface area contributed by atoms with Crippen LogP contribution in [-0.4, -0.2) is 35.2 Å². The maximum atomic E-state index is 12.3. The summed E-state index contributed by atoms with van der Waals surface area (Å²) < 4.78 is 5.55. The van der Waals surface area contributed by atoms with Gasteiger partial charge in [0.2, 0.25) is 0 Å². The van der Waals surface area contributed by atoms with Crippen LogP contribution in [0, 0.1) is 3.57 Å². The Kier molecular flexibility index (Phi) is 5.04. The first-order chi connectivity index (χ1) is 9.95. The molecule has 0 N–H and O–H groups in total. The van der Waals surface area contributed by atoms with Gasteiger partial charge < -0.3 is 4.74 Å². The highest BCUT2D eigenvalue weighted by molar-refractivity contribution is 14.1. The SMILES string of the molecule is COC(=O)[C@@H](C)N1C(=O)S/C(=C/c2ccccc2I)C1=O. The van der Waals surface area contributed by atoms with Crippen LogP contribution in [0.2, 0.25) is 0 Å². The van der Waals surface area contributed by atoms with E-state index in [1.165, 1.54) is 14.0 Å². The molecule has 0 aliphatic carbocycles. The number of nitrogens with zero attached hydrogens (tertiary/aromatic N) is 1. The fraction of sp³-hybridized carbons (Fsp3) is 0.214. The minimum absolute atomic E-state index is 0.305. The molecule has 0 bridgehead atoms. The lowest BCUT2D eigenvalue weighted by molar-refractivity contribution is -0.148. The maximum Gasteiger partial charge on any atom is 0.328 e. The molecule has 110 valence electrons. The topological polar surface area (TPSA) is 63.7 Å². The number of imide groups is 1. The third kappa shape index (κ3) is 3.29. The van der Waals surface area contributed by atoms with Crippen LogP contribution < -0.4 is 0 Å². The Hall–Kier alpha value is -1.35. The number of carbonyl (C=O) groups is 3. The number of benzene rings is 1. The van der Waals surface area contributed by atoms with E-state index in [2.05, 4.69) is 27.3 Å². The molecule has 0 unspecified atom stereocenters. The molecule has 1 aromatic carbocycles. The van der Waals surface area contributed by atoms with E-state index in [0.29, 0.717) is 4.91 Å². The quantitative estimate of drug-likeness (QED) is 0.430. The molecule has 2 amide bonds. The Bertz CT molecular complexity index is 644. The number of hydrogen-bond donors (Lipinski definition) is 0. The van der Waals surface area contributed by atoms with Crippen molar-refractivity contribution in [1.29, 1.82) is 0 Å². The van der Waals surface area contributed by atoms with Gasteiger partial charge in [0.25, 0.3) is 11.1 Å². The number of ether oxygens (including phenoxy) is 1. The zero-order chi connectivity index (χ0) is 15.6. The van der Waals surface area contributed by atoms with Gasteiger partial charge in [-0.2, -0.15) is 0 Å². The van der Waals surface area contributed by atoms with Gasteiger partial charge in [-0.15, -0.1) is 0 Å². The van der Waals surface area contributed by atoms with Crippen LogP contribution in [0.15, 0.2) is 29.2 Å². The smallest absolute Gasteiger partial charge is 0.328 e. The van der Waals surface area contributed by atoms with Crippen LogP contribution in [0.4, 0.5) is 4.79 Å². The van der Waals surface area contributed by atoms with E-state index in [-0.39, 0.29) is 0 Å². The molecule has 1 atom stereocenters. The minimum atomic E-state index is -0.928. The molecule has 1 heterocycles. The Morgan fingerprint density at radius 1 is 1.38 bits per heavy atom. The molecule has 0 aromatic heterocycles. The summed E-state index contributed by atoms with van der Waals surface area (Å²) in [6, 6.07) is 6.59.